The topological polar surface area (TPSA) is 244 Å². The SMILES string of the molecule is C.COC1CC2CC[C@@H](C)[C@@](O)(O2)C(=O)C(=O)N2CCCC[C@H]2C(=O)OC2CC(=O)C(/C=C(/C)[C@@H](O)C(OC)C(=O)[C@H](C)CC(C)C3C=CC(C=C1C)n1c(=O)n(-c4ccccc4)c(=O)n13)OC1CC(CCC1O)CC2C. The van der Waals surface area contributed by atoms with Gasteiger partial charge in [0.2, 0.25) is 5.79 Å². The number of amides is 1. The second-order valence-corrected chi connectivity index (χ2v) is 22.6. The summed E-state index contributed by atoms with van der Waals surface area (Å²) in [7, 11) is 2.81. The fraction of sp³-hybridized carbons (Fsp3) is 0.672. The molecule has 12 unspecified atom stereocenters. The molecule has 1 aromatic heterocycles. The maximum atomic E-state index is 14.6. The zero-order valence-electron chi connectivity index (χ0n) is 45.2. The molecule has 1 aromatic carbocycles. The van der Waals surface area contributed by atoms with Gasteiger partial charge in [-0.3, -0.25) is 19.2 Å². The first kappa shape index (κ1) is 59.5. The van der Waals surface area contributed by atoms with Gasteiger partial charge in [0, 0.05) is 45.4 Å². The molecule has 9 rings (SSSR count). The van der Waals surface area contributed by atoms with Crippen molar-refractivity contribution >= 4 is 29.2 Å². The second-order valence-electron chi connectivity index (χ2n) is 22.6. The van der Waals surface area contributed by atoms with E-state index in [1.165, 1.54) is 29.7 Å². The second kappa shape index (κ2) is 24.9. The third-order valence-corrected chi connectivity index (χ3v) is 17.3. The average molecular weight is 1080 g/mol. The number of ether oxygens (including phenoxy) is 5. The lowest BCUT2D eigenvalue weighted by Gasteiger charge is -2.43. The zero-order valence-corrected chi connectivity index (χ0v) is 45.2. The number of ketones is 3. The Kier molecular flexibility index (Phi) is 19.2. The van der Waals surface area contributed by atoms with Crippen molar-refractivity contribution < 1.29 is 63.0 Å². The summed E-state index contributed by atoms with van der Waals surface area (Å²) in [5.41, 5.74) is -0.00318. The van der Waals surface area contributed by atoms with Gasteiger partial charge in [0.25, 0.3) is 11.7 Å². The van der Waals surface area contributed by atoms with E-state index >= 15 is 0 Å². The number of hydrogen-bond acceptors (Lipinski definition) is 15. The number of carbonyl (C=O) groups is 5. The third-order valence-electron chi connectivity index (χ3n) is 17.3. The highest BCUT2D eigenvalue weighted by Crippen LogP contribution is 2.39. The molecule has 19 heteroatoms. The monoisotopic (exact) mass is 1070 g/mol. The van der Waals surface area contributed by atoms with Crippen LogP contribution in [0.15, 0.2) is 75.4 Å². The standard InChI is InChI=1S/C57H78N4O15.CH4/c1-31-24-34(4)49(64)51(73-8)50(65)35(5)27-47-44(63)30-46(32(2)25-37-18-22-43(62)48(28-37)74-47)75-54(68)42-16-12-13-23-58(42)53(67)52(66)57(71)36(6)17-20-40(76-57)29-45(72-7)33(3)26-39-19-21-41(31)61-56(70)59(55(69)60(39)61)38-14-10-9-11-15-38;/h9-11,14-15,19,21,26-27,31-32,34,36-37,39-43,45-48,50-51,62,65,71H,12-13,16-18,20,22-25,28-30H2,1-8H3;1H4/b33-26?,35-27-;/t31?,32?,34-,36-,37?,39?,40?,41?,42+,43?,45?,46?,47?,48?,50-,51?,57-;/m1./s1. The van der Waals surface area contributed by atoms with Gasteiger partial charge in [-0.15, -0.1) is 0 Å². The number of benzene rings is 1. The Morgan fingerprint density at radius 2 is 1.45 bits per heavy atom. The van der Waals surface area contributed by atoms with E-state index in [1.807, 2.05) is 32.9 Å². The fourth-order valence-electron chi connectivity index (χ4n) is 12.7. The summed E-state index contributed by atoms with van der Waals surface area (Å²) in [6.45, 7) is 10.5. The Bertz CT molecular complexity index is 2690. The molecular weight excluding hydrogens is 993 g/mol. The molecule has 0 spiro atoms. The van der Waals surface area contributed by atoms with Gasteiger partial charge in [0.1, 0.15) is 30.5 Å². The first-order chi connectivity index (χ1) is 36.2. The lowest BCUT2D eigenvalue weighted by molar-refractivity contribution is -0.265. The van der Waals surface area contributed by atoms with Crippen LogP contribution in [0.1, 0.15) is 138 Å². The van der Waals surface area contributed by atoms with Crippen molar-refractivity contribution in [3.8, 4) is 5.69 Å². The van der Waals surface area contributed by atoms with Gasteiger partial charge in [-0.1, -0.05) is 71.5 Å². The average Bonchev–Trinajstić information content (AvgIpc) is 3.72. The first-order valence-corrected chi connectivity index (χ1v) is 27.3. The quantitative estimate of drug-likeness (QED) is 0.201. The number of aliphatic hydroxyl groups is 3. The van der Waals surface area contributed by atoms with Gasteiger partial charge in [-0.25, -0.2) is 28.3 Å². The number of rotatable bonds is 3. The number of nitrogens with zero attached hydrogens (tertiary/aromatic N) is 4. The number of aromatic nitrogens is 3. The van der Waals surface area contributed by atoms with E-state index in [1.54, 1.807) is 57.2 Å². The molecule has 424 valence electrons. The molecule has 7 aliphatic rings. The zero-order chi connectivity index (χ0) is 54.9. The van der Waals surface area contributed by atoms with Crippen LogP contribution in [0, 0.1) is 29.6 Å². The van der Waals surface area contributed by atoms with Gasteiger partial charge in [-0.05, 0) is 125 Å². The Morgan fingerprint density at radius 1 is 0.740 bits per heavy atom. The number of methoxy groups -OCH3 is 2. The molecule has 19 nitrogen and oxygen atoms in total. The summed E-state index contributed by atoms with van der Waals surface area (Å²) < 4.78 is 34.5. The normalized spacial score (nSPS) is 37.9. The minimum Gasteiger partial charge on any atom is -0.460 e. The van der Waals surface area contributed by atoms with Gasteiger partial charge in [-0.2, -0.15) is 0 Å². The molecule has 2 aromatic rings. The van der Waals surface area contributed by atoms with Crippen molar-refractivity contribution in [1.29, 1.82) is 0 Å². The molecule has 6 aliphatic heterocycles. The molecule has 77 heavy (non-hydrogen) atoms. The molecule has 8 bridgehead atoms. The largest absolute Gasteiger partial charge is 0.460 e. The van der Waals surface area contributed by atoms with Crippen LogP contribution in [0.25, 0.3) is 5.69 Å². The van der Waals surface area contributed by atoms with Gasteiger partial charge in [0.05, 0.1) is 42.2 Å². The lowest BCUT2D eigenvalue weighted by Crippen LogP contribution is -2.61. The summed E-state index contributed by atoms with van der Waals surface area (Å²) in [6.07, 6.45) is 2.55. The molecule has 0 radical (unpaired) electrons. The minimum atomic E-state index is -2.55. The summed E-state index contributed by atoms with van der Waals surface area (Å²) >= 11 is 0. The van der Waals surface area contributed by atoms with Crippen LogP contribution in [0.4, 0.5) is 0 Å². The van der Waals surface area contributed by atoms with E-state index in [4.69, 9.17) is 23.7 Å². The number of Topliss-reactive ketones (excluding diaryl/α,β-unsaturated/α-hetero) is 3. The van der Waals surface area contributed by atoms with Crippen LogP contribution in [-0.2, 0) is 47.7 Å². The highest BCUT2D eigenvalue weighted by molar-refractivity contribution is 6.39. The number of carbonyl (C=O) groups excluding carboxylic acids is 5. The van der Waals surface area contributed by atoms with Crippen LogP contribution < -0.4 is 11.4 Å². The Balaban J connectivity index is 0.00000861. The highest BCUT2D eigenvalue weighted by Gasteiger charge is 2.53. The third kappa shape index (κ3) is 12.2. The molecule has 3 N–H and O–H groups in total. The van der Waals surface area contributed by atoms with E-state index < -0.39 is 131 Å². The Labute approximate surface area is 451 Å². The number of fused-ring (bicyclic) bond motifs is 12. The number of aliphatic hydroxyl groups excluding tert-OH is 2. The van der Waals surface area contributed by atoms with Crippen LogP contribution in [0.3, 0.4) is 0 Å². The summed E-state index contributed by atoms with van der Waals surface area (Å²) in [5, 5.41) is 35.2. The van der Waals surface area contributed by atoms with E-state index in [9.17, 15) is 48.9 Å². The van der Waals surface area contributed by atoms with E-state index in [0.717, 1.165) is 9.47 Å². The van der Waals surface area contributed by atoms with Crippen molar-refractivity contribution in [1.82, 2.24) is 18.8 Å². The molecule has 7 heterocycles. The number of para-hydroxylation sites is 1. The van der Waals surface area contributed by atoms with Gasteiger partial charge < -0.3 is 43.9 Å². The predicted octanol–water partition coefficient (Wildman–Crippen LogP) is 5.29. The molecule has 1 saturated carbocycles. The van der Waals surface area contributed by atoms with Crippen molar-refractivity contribution in [2.45, 2.75) is 199 Å². The molecule has 17 atom stereocenters. The maximum Gasteiger partial charge on any atom is 0.352 e. The maximum absolute atomic E-state index is 14.6. The van der Waals surface area contributed by atoms with E-state index in [-0.39, 0.29) is 57.1 Å². The van der Waals surface area contributed by atoms with Crippen molar-refractivity contribution in [3.63, 3.8) is 0 Å². The van der Waals surface area contributed by atoms with Crippen molar-refractivity contribution in [2.24, 2.45) is 29.6 Å². The minimum absolute atomic E-state index is 0. The summed E-state index contributed by atoms with van der Waals surface area (Å²) in [4.78, 5) is 103. The van der Waals surface area contributed by atoms with Gasteiger partial charge in [0.15, 0.2) is 11.6 Å². The Hall–Kier alpha value is -5.15. The van der Waals surface area contributed by atoms with Gasteiger partial charge >= 0.3 is 17.3 Å². The predicted molar refractivity (Wildman–Crippen MR) is 284 cm³/mol. The lowest BCUT2D eigenvalue weighted by atomic mass is 9.78. The number of allylic oxidation sites excluding steroid dienone is 3. The molecular formula is C58H82N4O15. The highest BCUT2D eigenvalue weighted by atomic mass is 16.6. The van der Waals surface area contributed by atoms with Crippen molar-refractivity contribution in [3.05, 3.63) is 86.8 Å². The first-order valence-electron chi connectivity index (χ1n) is 27.3. The van der Waals surface area contributed by atoms with Crippen molar-refractivity contribution in [2.75, 3.05) is 20.8 Å². The summed E-state index contributed by atoms with van der Waals surface area (Å²) in [5.74, 6) is -8.89. The summed E-state index contributed by atoms with van der Waals surface area (Å²) in [6, 6.07) is 5.85. The molecule has 1 aliphatic carbocycles. The molecule has 4 fully saturated rings. The van der Waals surface area contributed by atoms with E-state index in [0.29, 0.717) is 62.6 Å². The van der Waals surface area contributed by atoms with Crippen LogP contribution in [0.5, 0.6) is 0 Å². The fourth-order valence-corrected chi connectivity index (χ4v) is 12.7. The number of hydrogen-bond donors (Lipinski definition) is 3. The Morgan fingerprint density at radius 3 is 2.16 bits per heavy atom. The van der Waals surface area contributed by atoms with E-state index in [2.05, 4.69) is 0 Å². The number of esters is 1. The van der Waals surface area contributed by atoms with Crippen LogP contribution >= 0.6 is 0 Å². The molecule has 1 amide bonds. The number of piperidine rings is 1. The molecule has 3 saturated heterocycles. The van der Waals surface area contributed by atoms with Crippen LogP contribution in [0.2, 0.25) is 0 Å². The van der Waals surface area contributed by atoms with Crippen LogP contribution in [-0.4, -0.2) is 145 Å². The smallest absolute Gasteiger partial charge is 0.352 e.